The SMILES string of the molecule is C[C@H](NC1CCCCCCCCCCC1)C1CCCC1. The number of nitrogens with one attached hydrogen (secondary N) is 1. The average Bonchev–Trinajstić information content (AvgIpc) is 2.96. The maximum absolute atomic E-state index is 4.01. The van der Waals surface area contributed by atoms with E-state index in [9.17, 15) is 0 Å². The van der Waals surface area contributed by atoms with E-state index in [1.807, 2.05) is 0 Å². The molecule has 1 heteroatoms. The molecule has 0 radical (unpaired) electrons. The Hall–Kier alpha value is -0.0400. The molecule has 0 aromatic heterocycles. The highest BCUT2D eigenvalue weighted by atomic mass is 14.9. The first-order valence-electron chi connectivity index (χ1n) is 9.62. The summed E-state index contributed by atoms with van der Waals surface area (Å²) in [6, 6.07) is 1.57. The highest BCUT2D eigenvalue weighted by Crippen LogP contribution is 2.28. The number of hydrogen-bond donors (Lipinski definition) is 1. The molecule has 0 saturated heterocycles. The summed E-state index contributed by atoms with van der Waals surface area (Å²) in [7, 11) is 0. The van der Waals surface area contributed by atoms with Crippen molar-refractivity contribution in [1.82, 2.24) is 5.32 Å². The Kier molecular flexibility index (Phi) is 8.02. The second-order valence-corrected chi connectivity index (χ2v) is 7.46. The van der Waals surface area contributed by atoms with Gasteiger partial charge in [-0.2, -0.15) is 0 Å². The van der Waals surface area contributed by atoms with E-state index in [2.05, 4.69) is 12.2 Å². The van der Waals surface area contributed by atoms with E-state index < -0.39 is 0 Å². The number of rotatable bonds is 3. The van der Waals surface area contributed by atoms with E-state index in [1.54, 1.807) is 0 Å². The zero-order valence-electron chi connectivity index (χ0n) is 13.8. The van der Waals surface area contributed by atoms with E-state index in [-0.39, 0.29) is 0 Å². The molecule has 1 atom stereocenters. The quantitative estimate of drug-likeness (QED) is 0.685. The highest BCUT2D eigenvalue weighted by molar-refractivity contribution is 4.81. The molecule has 0 spiro atoms. The van der Waals surface area contributed by atoms with Crippen molar-refractivity contribution < 1.29 is 0 Å². The summed E-state index contributed by atoms with van der Waals surface area (Å²) in [6.07, 6.45) is 22.0. The standard InChI is InChI=1S/C19H37N/c1-17(18-13-11-12-14-18)20-19-15-9-7-5-3-2-4-6-8-10-16-19/h17-20H,2-16H2,1H3/t17-/m0/s1. The molecule has 20 heavy (non-hydrogen) atoms. The van der Waals surface area contributed by atoms with Crippen molar-refractivity contribution in [3.63, 3.8) is 0 Å². The first-order chi connectivity index (χ1) is 9.86. The molecule has 1 N–H and O–H groups in total. The molecule has 0 aromatic rings. The maximum atomic E-state index is 4.01. The summed E-state index contributed by atoms with van der Waals surface area (Å²) in [5, 5.41) is 4.01. The summed E-state index contributed by atoms with van der Waals surface area (Å²) in [4.78, 5) is 0. The Morgan fingerprint density at radius 2 is 1.00 bits per heavy atom. The minimum Gasteiger partial charge on any atom is -0.311 e. The lowest BCUT2D eigenvalue weighted by Gasteiger charge is -2.27. The third kappa shape index (κ3) is 6.16. The fourth-order valence-electron chi connectivity index (χ4n) is 4.30. The lowest BCUT2D eigenvalue weighted by Crippen LogP contribution is -2.40. The normalized spacial score (nSPS) is 26.9. The lowest BCUT2D eigenvalue weighted by atomic mass is 9.94. The van der Waals surface area contributed by atoms with E-state index in [4.69, 9.17) is 0 Å². The van der Waals surface area contributed by atoms with Gasteiger partial charge in [0.2, 0.25) is 0 Å². The van der Waals surface area contributed by atoms with Crippen molar-refractivity contribution in [3.8, 4) is 0 Å². The monoisotopic (exact) mass is 279 g/mol. The second kappa shape index (κ2) is 9.82. The van der Waals surface area contributed by atoms with Crippen LogP contribution in [0, 0.1) is 5.92 Å². The summed E-state index contributed by atoms with van der Waals surface area (Å²) in [6.45, 7) is 2.45. The van der Waals surface area contributed by atoms with E-state index in [0.29, 0.717) is 0 Å². The zero-order valence-corrected chi connectivity index (χ0v) is 13.8. The van der Waals surface area contributed by atoms with Crippen LogP contribution >= 0.6 is 0 Å². The van der Waals surface area contributed by atoms with Crippen LogP contribution in [0.3, 0.4) is 0 Å². The smallest absolute Gasteiger partial charge is 0.00696 e. The van der Waals surface area contributed by atoms with Crippen LogP contribution in [0.25, 0.3) is 0 Å². The van der Waals surface area contributed by atoms with Gasteiger partial charge in [-0.25, -0.2) is 0 Å². The van der Waals surface area contributed by atoms with Crippen molar-refractivity contribution in [3.05, 3.63) is 0 Å². The Labute approximate surface area is 127 Å². The van der Waals surface area contributed by atoms with Crippen LogP contribution in [0.2, 0.25) is 0 Å². The molecule has 118 valence electrons. The van der Waals surface area contributed by atoms with E-state index >= 15 is 0 Å². The van der Waals surface area contributed by atoms with Gasteiger partial charge < -0.3 is 5.32 Å². The van der Waals surface area contributed by atoms with Crippen molar-refractivity contribution in [2.75, 3.05) is 0 Å². The van der Waals surface area contributed by atoms with Gasteiger partial charge in [-0.15, -0.1) is 0 Å². The van der Waals surface area contributed by atoms with Crippen molar-refractivity contribution >= 4 is 0 Å². The number of hydrogen-bond acceptors (Lipinski definition) is 1. The van der Waals surface area contributed by atoms with Gasteiger partial charge in [0, 0.05) is 12.1 Å². The van der Waals surface area contributed by atoms with Crippen LogP contribution < -0.4 is 5.32 Å². The molecule has 2 saturated carbocycles. The Bertz CT molecular complexity index is 220. The van der Waals surface area contributed by atoms with Crippen LogP contribution in [-0.2, 0) is 0 Å². The zero-order chi connectivity index (χ0) is 14.0. The van der Waals surface area contributed by atoms with Gasteiger partial charge in [-0.3, -0.25) is 0 Å². The molecule has 2 aliphatic carbocycles. The van der Waals surface area contributed by atoms with Crippen LogP contribution in [-0.4, -0.2) is 12.1 Å². The van der Waals surface area contributed by atoms with Gasteiger partial charge in [0.15, 0.2) is 0 Å². The van der Waals surface area contributed by atoms with Gasteiger partial charge in [0.1, 0.15) is 0 Å². The summed E-state index contributed by atoms with van der Waals surface area (Å²) < 4.78 is 0. The van der Waals surface area contributed by atoms with Crippen LogP contribution in [0.1, 0.15) is 103 Å². The molecular formula is C19H37N. The first-order valence-corrected chi connectivity index (χ1v) is 9.62. The van der Waals surface area contributed by atoms with Gasteiger partial charge in [0.25, 0.3) is 0 Å². The molecular weight excluding hydrogens is 242 g/mol. The van der Waals surface area contributed by atoms with Crippen molar-refractivity contribution in [1.29, 1.82) is 0 Å². The lowest BCUT2D eigenvalue weighted by molar-refractivity contribution is 0.309. The van der Waals surface area contributed by atoms with Crippen LogP contribution in [0.15, 0.2) is 0 Å². The topological polar surface area (TPSA) is 12.0 Å². The Morgan fingerprint density at radius 1 is 0.600 bits per heavy atom. The second-order valence-electron chi connectivity index (χ2n) is 7.46. The molecule has 0 bridgehead atoms. The molecule has 0 unspecified atom stereocenters. The molecule has 2 fully saturated rings. The van der Waals surface area contributed by atoms with E-state index in [1.165, 1.54) is 96.3 Å². The van der Waals surface area contributed by atoms with Crippen molar-refractivity contribution in [2.45, 2.75) is 115 Å². The van der Waals surface area contributed by atoms with Gasteiger partial charge >= 0.3 is 0 Å². The highest BCUT2D eigenvalue weighted by Gasteiger charge is 2.23. The Morgan fingerprint density at radius 3 is 1.50 bits per heavy atom. The van der Waals surface area contributed by atoms with Crippen LogP contribution in [0.5, 0.6) is 0 Å². The molecule has 0 amide bonds. The molecule has 0 heterocycles. The largest absolute Gasteiger partial charge is 0.311 e. The third-order valence-electron chi connectivity index (χ3n) is 5.71. The minimum atomic E-state index is 0.760. The van der Waals surface area contributed by atoms with Crippen LogP contribution in [0.4, 0.5) is 0 Å². The van der Waals surface area contributed by atoms with E-state index in [0.717, 1.165) is 18.0 Å². The molecule has 2 rings (SSSR count). The van der Waals surface area contributed by atoms with Gasteiger partial charge in [-0.1, -0.05) is 70.6 Å². The maximum Gasteiger partial charge on any atom is 0.00696 e. The summed E-state index contributed by atoms with van der Waals surface area (Å²) in [5.41, 5.74) is 0. The third-order valence-corrected chi connectivity index (χ3v) is 5.71. The molecule has 2 aliphatic rings. The first kappa shape index (κ1) is 16.3. The van der Waals surface area contributed by atoms with Crippen molar-refractivity contribution in [2.24, 2.45) is 5.92 Å². The summed E-state index contributed by atoms with van der Waals surface area (Å²) in [5.74, 6) is 0.969. The van der Waals surface area contributed by atoms with Gasteiger partial charge in [-0.05, 0) is 38.5 Å². The molecule has 1 nitrogen and oxygen atoms in total. The Balaban J connectivity index is 1.73. The summed E-state index contributed by atoms with van der Waals surface area (Å²) >= 11 is 0. The predicted molar refractivity (Wildman–Crippen MR) is 89.1 cm³/mol. The predicted octanol–water partition coefficient (Wildman–Crippen LogP) is 5.83. The van der Waals surface area contributed by atoms with Gasteiger partial charge in [0.05, 0.1) is 0 Å². The fourth-order valence-corrected chi connectivity index (χ4v) is 4.30. The molecule has 0 aliphatic heterocycles. The fraction of sp³-hybridized carbons (Fsp3) is 1.00. The molecule has 0 aromatic carbocycles. The average molecular weight is 280 g/mol. The minimum absolute atomic E-state index is 0.760.